The Kier molecular flexibility index (Phi) is 2.50. The molecule has 0 amide bonds. The predicted octanol–water partition coefficient (Wildman–Crippen LogP) is 3.18. The molecule has 0 aliphatic carbocycles. The fraction of sp³-hybridized carbons (Fsp3) is 0.0714. The number of anilines is 1. The molecule has 3 aromatic rings. The van der Waals surface area contributed by atoms with E-state index in [0.29, 0.717) is 0 Å². The van der Waals surface area contributed by atoms with E-state index in [4.69, 9.17) is 0 Å². The summed E-state index contributed by atoms with van der Waals surface area (Å²) in [6.07, 6.45) is 3.53. The van der Waals surface area contributed by atoms with E-state index in [2.05, 4.69) is 57.7 Å². The molecule has 3 nitrogen and oxygen atoms in total. The van der Waals surface area contributed by atoms with Crippen molar-refractivity contribution < 1.29 is 0 Å². The lowest BCUT2D eigenvalue weighted by Gasteiger charge is -2.08. The third-order valence-electron chi connectivity index (χ3n) is 2.81. The number of aromatic nitrogens is 2. The molecule has 1 heterocycles. The lowest BCUT2D eigenvalue weighted by Crippen LogP contribution is -1.99. The van der Waals surface area contributed by atoms with E-state index in [9.17, 15) is 0 Å². The topological polar surface area (TPSA) is 40.7 Å². The zero-order valence-corrected chi connectivity index (χ0v) is 9.35. The normalized spacial score (nSPS) is 10.6. The number of hydrogen-bond acceptors (Lipinski definition) is 2. The minimum Gasteiger partial charge on any atom is -0.379 e. The molecule has 0 atom stereocenters. The number of nitrogens with zero attached hydrogens (tertiary/aromatic N) is 1. The van der Waals surface area contributed by atoms with Crippen LogP contribution in [0.3, 0.4) is 0 Å². The SMILES string of the molecule is c1ccc2c(NCc3cnc[nH]3)cccc2c1. The highest BCUT2D eigenvalue weighted by atomic mass is 14.9. The van der Waals surface area contributed by atoms with Gasteiger partial charge >= 0.3 is 0 Å². The molecule has 0 saturated carbocycles. The number of imidazole rings is 1. The highest BCUT2D eigenvalue weighted by molar-refractivity contribution is 5.93. The Balaban J connectivity index is 1.90. The summed E-state index contributed by atoms with van der Waals surface area (Å²) in [5, 5.41) is 5.92. The summed E-state index contributed by atoms with van der Waals surface area (Å²) < 4.78 is 0. The Labute approximate surface area is 99.5 Å². The van der Waals surface area contributed by atoms with Gasteiger partial charge in [0.25, 0.3) is 0 Å². The average Bonchev–Trinajstić information content (AvgIpc) is 2.89. The summed E-state index contributed by atoms with van der Waals surface area (Å²) in [4.78, 5) is 7.08. The monoisotopic (exact) mass is 223 g/mol. The van der Waals surface area contributed by atoms with E-state index in [1.807, 2.05) is 6.20 Å². The van der Waals surface area contributed by atoms with Crippen molar-refractivity contribution in [2.45, 2.75) is 6.54 Å². The maximum absolute atomic E-state index is 4.00. The molecule has 0 saturated heterocycles. The van der Waals surface area contributed by atoms with Gasteiger partial charge in [0.05, 0.1) is 18.6 Å². The van der Waals surface area contributed by atoms with Crippen LogP contribution in [0.15, 0.2) is 55.0 Å². The molecule has 2 N–H and O–H groups in total. The number of rotatable bonds is 3. The first kappa shape index (κ1) is 9.90. The first-order chi connectivity index (χ1) is 8.43. The first-order valence-corrected chi connectivity index (χ1v) is 5.62. The number of fused-ring (bicyclic) bond motifs is 1. The van der Waals surface area contributed by atoms with E-state index in [0.717, 1.165) is 17.9 Å². The van der Waals surface area contributed by atoms with Gasteiger partial charge in [-0.3, -0.25) is 0 Å². The molecule has 84 valence electrons. The third kappa shape index (κ3) is 1.99. The Morgan fingerprint density at radius 3 is 2.82 bits per heavy atom. The number of hydrogen-bond donors (Lipinski definition) is 2. The van der Waals surface area contributed by atoms with Gasteiger partial charge in [0.1, 0.15) is 0 Å². The van der Waals surface area contributed by atoms with Crippen LogP contribution in [0.1, 0.15) is 5.69 Å². The molecule has 3 rings (SSSR count). The third-order valence-corrected chi connectivity index (χ3v) is 2.81. The largest absolute Gasteiger partial charge is 0.379 e. The van der Waals surface area contributed by atoms with E-state index in [-0.39, 0.29) is 0 Å². The van der Waals surface area contributed by atoms with Gasteiger partial charge in [0.15, 0.2) is 0 Å². The van der Waals surface area contributed by atoms with Crippen LogP contribution >= 0.6 is 0 Å². The zero-order chi connectivity index (χ0) is 11.5. The van der Waals surface area contributed by atoms with Crippen molar-refractivity contribution in [1.29, 1.82) is 0 Å². The van der Waals surface area contributed by atoms with Crippen LogP contribution in [-0.2, 0) is 6.54 Å². The predicted molar refractivity (Wildman–Crippen MR) is 69.9 cm³/mol. The molecule has 2 aromatic carbocycles. The molecule has 0 aliphatic rings. The second-order valence-corrected chi connectivity index (χ2v) is 3.96. The summed E-state index contributed by atoms with van der Waals surface area (Å²) in [7, 11) is 0. The van der Waals surface area contributed by atoms with Crippen molar-refractivity contribution in [3.05, 3.63) is 60.7 Å². The van der Waals surface area contributed by atoms with Crippen LogP contribution < -0.4 is 5.32 Å². The van der Waals surface area contributed by atoms with Gasteiger partial charge < -0.3 is 10.3 Å². The fourth-order valence-electron chi connectivity index (χ4n) is 1.95. The zero-order valence-electron chi connectivity index (χ0n) is 9.35. The molecule has 3 heteroatoms. The van der Waals surface area contributed by atoms with Crippen LogP contribution in [0.2, 0.25) is 0 Å². The van der Waals surface area contributed by atoms with Crippen molar-refractivity contribution in [3.8, 4) is 0 Å². The molecular formula is C14H13N3. The average molecular weight is 223 g/mol. The number of aromatic amines is 1. The lowest BCUT2D eigenvalue weighted by atomic mass is 10.1. The molecule has 0 fully saturated rings. The lowest BCUT2D eigenvalue weighted by molar-refractivity contribution is 1.08. The quantitative estimate of drug-likeness (QED) is 0.716. The van der Waals surface area contributed by atoms with Crippen molar-refractivity contribution in [2.75, 3.05) is 5.32 Å². The first-order valence-electron chi connectivity index (χ1n) is 5.62. The summed E-state index contributed by atoms with van der Waals surface area (Å²) in [6, 6.07) is 14.7. The van der Waals surface area contributed by atoms with Gasteiger partial charge in [-0.05, 0) is 11.5 Å². The number of benzene rings is 2. The molecule has 0 aliphatic heterocycles. The standard InChI is InChI=1S/C14H13N3/c1-2-6-13-11(4-1)5-3-7-14(13)16-9-12-8-15-10-17-12/h1-8,10,16H,9H2,(H,15,17). The van der Waals surface area contributed by atoms with E-state index >= 15 is 0 Å². The van der Waals surface area contributed by atoms with Crippen molar-refractivity contribution >= 4 is 16.5 Å². The highest BCUT2D eigenvalue weighted by Crippen LogP contribution is 2.23. The van der Waals surface area contributed by atoms with Crippen molar-refractivity contribution in [3.63, 3.8) is 0 Å². The van der Waals surface area contributed by atoms with Gasteiger partial charge in [-0.25, -0.2) is 4.98 Å². The van der Waals surface area contributed by atoms with Crippen LogP contribution in [0.4, 0.5) is 5.69 Å². The van der Waals surface area contributed by atoms with Crippen molar-refractivity contribution in [2.24, 2.45) is 0 Å². The maximum atomic E-state index is 4.00. The molecular weight excluding hydrogens is 210 g/mol. The van der Waals surface area contributed by atoms with Gasteiger partial charge in [-0.15, -0.1) is 0 Å². The molecule has 0 bridgehead atoms. The Morgan fingerprint density at radius 1 is 1.06 bits per heavy atom. The minimum atomic E-state index is 0.758. The fourth-order valence-corrected chi connectivity index (χ4v) is 1.95. The maximum Gasteiger partial charge on any atom is 0.0922 e. The Bertz CT molecular complexity index is 609. The summed E-state index contributed by atoms with van der Waals surface area (Å²) in [5.74, 6) is 0. The Morgan fingerprint density at radius 2 is 1.94 bits per heavy atom. The van der Waals surface area contributed by atoms with Crippen LogP contribution in [0, 0.1) is 0 Å². The smallest absolute Gasteiger partial charge is 0.0922 e. The molecule has 0 radical (unpaired) electrons. The molecule has 1 aromatic heterocycles. The molecule has 0 spiro atoms. The second-order valence-electron chi connectivity index (χ2n) is 3.96. The Hall–Kier alpha value is -2.29. The van der Waals surface area contributed by atoms with Crippen LogP contribution in [0.25, 0.3) is 10.8 Å². The number of H-pyrrole nitrogens is 1. The van der Waals surface area contributed by atoms with Gasteiger partial charge in [-0.1, -0.05) is 36.4 Å². The van der Waals surface area contributed by atoms with E-state index in [1.165, 1.54) is 10.8 Å². The van der Waals surface area contributed by atoms with Crippen LogP contribution in [0.5, 0.6) is 0 Å². The molecule has 17 heavy (non-hydrogen) atoms. The summed E-state index contributed by atoms with van der Waals surface area (Å²) in [5.41, 5.74) is 2.23. The minimum absolute atomic E-state index is 0.758. The highest BCUT2D eigenvalue weighted by Gasteiger charge is 1.99. The second kappa shape index (κ2) is 4.29. The van der Waals surface area contributed by atoms with Gasteiger partial charge in [-0.2, -0.15) is 0 Å². The van der Waals surface area contributed by atoms with Gasteiger partial charge in [0, 0.05) is 17.3 Å². The van der Waals surface area contributed by atoms with Crippen LogP contribution in [-0.4, -0.2) is 9.97 Å². The van der Waals surface area contributed by atoms with E-state index < -0.39 is 0 Å². The number of nitrogens with one attached hydrogen (secondary N) is 2. The molecule has 0 unspecified atom stereocenters. The van der Waals surface area contributed by atoms with E-state index in [1.54, 1.807) is 6.33 Å². The van der Waals surface area contributed by atoms with Crippen molar-refractivity contribution in [1.82, 2.24) is 9.97 Å². The summed E-state index contributed by atoms with van der Waals surface area (Å²) in [6.45, 7) is 0.758. The summed E-state index contributed by atoms with van der Waals surface area (Å²) >= 11 is 0. The van der Waals surface area contributed by atoms with Gasteiger partial charge in [0.2, 0.25) is 0 Å².